The van der Waals surface area contributed by atoms with Gasteiger partial charge in [0.05, 0.1) is 27.8 Å². The van der Waals surface area contributed by atoms with Crippen LogP contribution in [0.5, 0.6) is 17.2 Å². The minimum absolute atomic E-state index is 0.0312. The topological polar surface area (TPSA) is 103 Å². The summed E-state index contributed by atoms with van der Waals surface area (Å²) in [5, 5.41) is 0.255. The molecule has 4 aromatic carbocycles. The second-order valence-corrected chi connectivity index (χ2v) is 10.1. The molecule has 0 saturated heterocycles. The van der Waals surface area contributed by atoms with Crippen molar-refractivity contribution >= 4 is 34.4 Å². The van der Waals surface area contributed by atoms with E-state index < -0.39 is 17.8 Å². The third-order valence-corrected chi connectivity index (χ3v) is 7.21. The van der Waals surface area contributed by atoms with Crippen molar-refractivity contribution in [2.75, 3.05) is 4.90 Å². The first-order chi connectivity index (χ1) is 20.2. The van der Waals surface area contributed by atoms with Crippen molar-refractivity contribution in [1.82, 2.24) is 0 Å². The summed E-state index contributed by atoms with van der Waals surface area (Å²) in [5.41, 5.74) is 3.61. The standard InChI is InChI=1S/C34H25NO7/c1-4-21-7-10-23(11-8-21)41-30-18-40-29-17-24(12-14-26(29)31(30)36)42-34(39)22-9-13-25-27(16-22)33(38)35(32(25)37)28-15-19(2)5-6-20(28)3/h5-18H,4H2,1-3H3. The molecule has 0 spiro atoms. The van der Waals surface area contributed by atoms with Gasteiger partial charge in [-0.3, -0.25) is 14.4 Å². The highest BCUT2D eigenvalue weighted by molar-refractivity contribution is 6.35. The molecule has 0 bridgehead atoms. The third-order valence-electron chi connectivity index (χ3n) is 7.21. The monoisotopic (exact) mass is 559 g/mol. The van der Waals surface area contributed by atoms with E-state index in [0.29, 0.717) is 11.4 Å². The summed E-state index contributed by atoms with van der Waals surface area (Å²) < 4.78 is 16.9. The van der Waals surface area contributed by atoms with E-state index in [9.17, 15) is 19.2 Å². The van der Waals surface area contributed by atoms with Gasteiger partial charge in [0.25, 0.3) is 11.8 Å². The van der Waals surface area contributed by atoms with Gasteiger partial charge < -0.3 is 13.9 Å². The van der Waals surface area contributed by atoms with Crippen LogP contribution < -0.4 is 19.8 Å². The number of carbonyl (C=O) groups is 3. The highest BCUT2D eigenvalue weighted by atomic mass is 16.5. The molecule has 42 heavy (non-hydrogen) atoms. The van der Waals surface area contributed by atoms with Crippen molar-refractivity contribution in [3.8, 4) is 17.2 Å². The number of hydrogen-bond donors (Lipinski definition) is 0. The van der Waals surface area contributed by atoms with E-state index in [1.807, 2.05) is 38.1 Å². The lowest BCUT2D eigenvalue weighted by Gasteiger charge is -2.17. The van der Waals surface area contributed by atoms with Gasteiger partial charge in [0.1, 0.15) is 23.3 Å². The number of benzene rings is 4. The van der Waals surface area contributed by atoms with Gasteiger partial charge in [0, 0.05) is 6.07 Å². The van der Waals surface area contributed by atoms with E-state index in [1.165, 1.54) is 42.7 Å². The Hall–Kier alpha value is -5.50. The predicted molar refractivity (Wildman–Crippen MR) is 157 cm³/mol. The lowest BCUT2D eigenvalue weighted by Crippen LogP contribution is -2.30. The fraction of sp³-hybridized carbons (Fsp3) is 0.118. The SMILES string of the molecule is CCc1ccc(Oc2coc3cc(OC(=O)c4ccc5c(c4)C(=O)N(c4cc(C)ccc4C)C5=O)ccc3c2=O)cc1. The summed E-state index contributed by atoms with van der Waals surface area (Å²) in [6, 6.07) is 21.6. The normalized spacial score (nSPS) is 12.5. The molecule has 0 aliphatic carbocycles. The molecule has 2 amide bonds. The molecule has 8 nitrogen and oxygen atoms in total. The van der Waals surface area contributed by atoms with Gasteiger partial charge in [0.15, 0.2) is 0 Å². The minimum atomic E-state index is -0.736. The Kier molecular flexibility index (Phi) is 6.66. The quantitative estimate of drug-likeness (QED) is 0.128. The molecule has 6 rings (SSSR count). The summed E-state index contributed by atoms with van der Waals surface area (Å²) in [6.07, 6.45) is 2.11. The number of rotatable bonds is 6. The number of ether oxygens (including phenoxy) is 2. The van der Waals surface area contributed by atoms with Crippen molar-refractivity contribution < 1.29 is 28.3 Å². The van der Waals surface area contributed by atoms with Gasteiger partial charge in [-0.15, -0.1) is 0 Å². The molecule has 2 heterocycles. The van der Waals surface area contributed by atoms with Crippen LogP contribution in [-0.4, -0.2) is 17.8 Å². The fourth-order valence-corrected chi connectivity index (χ4v) is 4.86. The van der Waals surface area contributed by atoms with E-state index in [4.69, 9.17) is 13.9 Å². The van der Waals surface area contributed by atoms with Crippen molar-refractivity contribution in [3.05, 3.63) is 129 Å². The van der Waals surface area contributed by atoms with E-state index in [2.05, 4.69) is 6.92 Å². The van der Waals surface area contributed by atoms with Crippen LogP contribution in [0.25, 0.3) is 11.0 Å². The molecule has 1 aromatic heterocycles. The Balaban J connectivity index is 1.22. The summed E-state index contributed by atoms with van der Waals surface area (Å²) in [6.45, 7) is 5.76. The maximum atomic E-state index is 13.3. The molecule has 8 heteroatoms. The van der Waals surface area contributed by atoms with Gasteiger partial charge >= 0.3 is 5.97 Å². The molecule has 208 valence electrons. The summed E-state index contributed by atoms with van der Waals surface area (Å²) >= 11 is 0. The smallest absolute Gasteiger partial charge is 0.343 e. The zero-order chi connectivity index (χ0) is 29.5. The Labute approximate surface area is 240 Å². The van der Waals surface area contributed by atoms with Crippen LogP contribution in [0.1, 0.15) is 54.7 Å². The number of hydrogen-bond acceptors (Lipinski definition) is 7. The third kappa shape index (κ3) is 4.73. The van der Waals surface area contributed by atoms with Crippen molar-refractivity contribution in [3.63, 3.8) is 0 Å². The van der Waals surface area contributed by atoms with Crippen LogP contribution in [0.3, 0.4) is 0 Å². The Bertz CT molecular complexity index is 1970. The average Bonchev–Trinajstić information content (AvgIpc) is 3.24. The summed E-state index contributed by atoms with van der Waals surface area (Å²) in [4.78, 5) is 53.5. The fourth-order valence-electron chi connectivity index (χ4n) is 4.86. The Morgan fingerprint density at radius 1 is 0.810 bits per heavy atom. The molecule has 1 aliphatic heterocycles. The van der Waals surface area contributed by atoms with Crippen LogP contribution in [0.4, 0.5) is 5.69 Å². The van der Waals surface area contributed by atoms with Crippen LogP contribution in [0, 0.1) is 13.8 Å². The van der Waals surface area contributed by atoms with Gasteiger partial charge in [-0.05, 0) is 85.5 Å². The zero-order valence-electron chi connectivity index (χ0n) is 23.1. The highest BCUT2D eigenvalue weighted by Crippen LogP contribution is 2.32. The van der Waals surface area contributed by atoms with Crippen molar-refractivity contribution in [2.24, 2.45) is 0 Å². The highest BCUT2D eigenvalue weighted by Gasteiger charge is 2.38. The van der Waals surface area contributed by atoms with Crippen LogP contribution in [0.2, 0.25) is 0 Å². The maximum absolute atomic E-state index is 13.3. The van der Waals surface area contributed by atoms with E-state index >= 15 is 0 Å². The lowest BCUT2D eigenvalue weighted by atomic mass is 10.1. The Morgan fingerprint density at radius 2 is 1.55 bits per heavy atom. The zero-order valence-corrected chi connectivity index (χ0v) is 23.1. The molecule has 5 aromatic rings. The second kappa shape index (κ2) is 10.5. The predicted octanol–water partition coefficient (Wildman–Crippen LogP) is 6.78. The number of carbonyl (C=O) groups excluding carboxylic acids is 3. The molecule has 0 unspecified atom stereocenters. The largest absolute Gasteiger partial charge is 0.460 e. The van der Waals surface area contributed by atoms with Crippen molar-refractivity contribution in [1.29, 1.82) is 0 Å². The van der Waals surface area contributed by atoms with E-state index in [0.717, 1.165) is 28.0 Å². The number of aryl methyl sites for hydroxylation is 3. The molecule has 0 radical (unpaired) electrons. The molecule has 0 saturated carbocycles. The van der Waals surface area contributed by atoms with Crippen LogP contribution in [0.15, 0.2) is 94.3 Å². The number of fused-ring (bicyclic) bond motifs is 2. The minimum Gasteiger partial charge on any atom is -0.460 e. The molecular formula is C34H25NO7. The maximum Gasteiger partial charge on any atom is 0.343 e. The first kappa shape index (κ1) is 26.7. The van der Waals surface area contributed by atoms with Gasteiger partial charge in [0.2, 0.25) is 11.2 Å². The molecule has 0 atom stereocenters. The Morgan fingerprint density at radius 3 is 2.31 bits per heavy atom. The first-order valence-corrected chi connectivity index (χ1v) is 13.4. The first-order valence-electron chi connectivity index (χ1n) is 13.4. The number of nitrogens with zero attached hydrogens (tertiary/aromatic N) is 1. The van der Waals surface area contributed by atoms with E-state index in [1.54, 1.807) is 18.2 Å². The summed E-state index contributed by atoms with van der Waals surface area (Å²) in [5.74, 6) is -1.01. The second-order valence-electron chi connectivity index (χ2n) is 10.1. The number of esters is 1. The molecular weight excluding hydrogens is 534 g/mol. The van der Waals surface area contributed by atoms with E-state index in [-0.39, 0.29) is 44.6 Å². The van der Waals surface area contributed by atoms with Gasteiger partial charge in [-0.25, -0.2) is 9.69 Å². The average molecular weight is 560 g/mol. The van der Waals surface area contributed by atoms with Crippen LogP contribution >= 0.6 is 0 Å². The van der Waals surface area contributed by atoms with Crippen molar-refractivity contribution in [2.45, 2.75) is 27.2 Å². The number of anilines is 1. The molecule has 0 N–H and O–H groups in total. The van der Waals surface area contributed by atoms with Crippen LogP contribution in [-0.2, 0) is 6.42 Å². The van der Waals surface area contributed by atoms with Gasteiger partial charge in [-0.1, -0.05) is 31.2 Å². The number of imide groups is 1. The lowest BCUT2D eigenvalue weighted by molar-refractivity contribution is 0.0734. The molecule has 1 aliphatic rings. The van der Waals surface area contributed by atoms with Gasteiger partial charge in [-0.2, -0.15) is 0 Å². The number of amides is 2. The molecule has 0 fully saturated rings. The summed E-state index contributed by atoms with van der Waals surface area (Å²) in [7, 11) is 0.